The van der Waals surface area contributed by atoms with E-state index >= 15 is 0 Å². The minimum absolute atomic E-state index is 0.265. The Balaban J connectivity index is 1.87. The van der Waals surface area contributed by atoms with Crippen molar-refractivity contribution in [3.05, 3.63) is 11.9 Å². The van der Waals surface area contributed by atoms with Crippen molar-refractivity contribution < 1.29 is 5.11 Å². The summed E-state index contributed by atoms with van der Waals surface area (Å²) in [4.78, 5) is 0. The third-order valence-electron chi connectivity index (χ3n) is 2.47. The first kappa shape index (κ1) is 9.05. The van der Waals surface area contributed by atoms with Gasteiger partial charge in [0.2, 0.25) is 0 Å². The lowest BCUT2D eigenvalue weighted by molar-refractivity contribution is 0.116. The van der Waals surface area contributed by atoms with Crippen molar-refractivity contribution >= 4 is 11.7 Å². The van der Waals surface area contributed by atoms with Crippen LogP contribution in [0.5, 0.6) is 0 Å². The molecule has 1 fully saturated rings. The van der Waals surface area contributed by atoms with Crippen LogP contribution in [0.3, 0.4) is 0 Å². The second kappa shape index (κ2) is 4.13. The van der Waals surface area contributed by atoms with Gasteiger partial charge in [-0.05, 0) is 18.9 Å². The number of hydrogen-bond acceptors (Lipinski definition) is 5. The summed E-state index contributed by atoms with van der Waals surface area (Å²) in [6.45, 7) is 1.95. The largest absolute Gasteiger partial charge is 0.392 e. The summed E-state index contributed by atoms with van der Waals surface area (Å²) in [6, 6.07) is 0. The van der Waals surface area contributed by atoms with Crippen LogP contribution in [0.15, 0.2) is 6.20 Å². The lowest BCUT2D eigenvalue weighted by Crippen LogP contribution is -2.24. The summed E-state index contributed by atoms with van der Waals surface area (Å²) >= 11 is 1.20. The molecule has 2 heterocycles. The molecular weight excluding hydrogens is 186 g/mol. The lowest BCUT2D eigenvalue weighted by Gasteiger charge is -2.14. The highest BCUT2D eigenvalue weighted by Gasteiger charge is 2.23. The van der Waals surface area contributed by atoms with Crippen molar-refractivity contribution in [1.29, 1.82) is 0 Å². The highest BCUT2D eigenvalue weighted by atomic mass is 32.1. The fourth-order valence-corrected chi connectivity index (χ4v) is 2.10. The highest BCUT2D eigenvalue weighted by molar-refractivity contribution is 6.99. The molecule has 1 aromatic rings. The van der Waals surface area contributed by atoms with Gasteiger partial charge in [-0.25, -0.2) is 0 Å². The predicted octanol–water partition coefficient (Wildman–Crippen LogP) is 0.0510. The molecule has 5 heteroatoms. The van der Waals surface area contributed by atoms with Crippen molar-refractivity contribution in [1.82, 2.24) is 14.1 Å². The van der Waals surface area contributed by atoms with Crippen LogP contribution in [-0.2, 0) is 6.42 Å². The van der Waals surface area contributed by atoms with Gasteiger partial charge in [-0.3, -0.25) is 0 Å². The van der Waals surface area contributed by atoms with Gasteiger partial charge in [0.15, 0.2) is 0 Å². The molecule has 2 N–H and O–H groups in total. The minimum atomic E-state index is -0.265. The first-order valence-electron chi connectivity index (χ1n) is 4.51. The van der Waals surface area contributed by atoms with Crippen molar-refractivity contribution in [2.24, 2.45) is 5.92 Å². The summed E-state index contributed by atoms with van der Waals surface area (Å²) in [5.74, 6) is 0.390. The van der Waals surface area contributed by atoms with Crippen LogP contribution in [0.25, 0.3) is 0 Å². The van der Waals surface area contributed by atoms with E-state index in [-0.39, 0.29) is 6.10 Å². The summed E-state index contributed by atoms with van der Waals surface area (Å²) in [5, 5.41) is 13.1. The molecule has 13 heavy (non-hydrogen) atoms. The summed E-state index contributed by atoms with van der Waals surface area (Å²) in [7, 11) is 0. The van der Waals surface area contributed by atoms with Crippen LogP contribution in [0.2, 0.25) is 0 Å². The van der Waals surface area contributed by atoms with E-state index in [1.165, 1.54) is 11.7 Å². The average molecular weight is 199 g/mol. The third kappa shape index (κ3) is 2.24. The number of aliphatic hydroxyl groups excluding tert-OH is 1. The molecule has 0 saturated carbocycles. The lowest BCUT2D eigenvalue weighted by atomic mass is 9.98. The molecule has 0 aliphatic carbocycles. The van der Waals surface area contributed by atoms with Crippen molar-refractivity contribution in [2.75, 3.05) is 13.1 Å². The Morgan fingerprint density at radius 1 is 1.77 bits per heavy atom. The molecular formula is C8H13N3OS. The quantitative estimate of drug-likeness (QED) is 0.722. The number of hydrogen-bond donors (Lipinski definition) is 2. The predicted molar refractivity (Wildman–Crippen MR) is 50.6 cm³/mol. The van der Waals surface area contributed by atoms with E-state index in [4.69, 9.17) is 0 Å². The number of aromatic nitrogens is 2. The molecule has 1 aliphatic heterocycles. The Labute approximate surface area is 81.3 Å². The fourth-order valence-electron chi connectivity index (χ4n) is 1.66. The molecule has 0 bridgehead atoms. The van der Waals surface area contributed by atoms with E-state index in [9.17, 15) is 5.11 Å². The number of nitrogens with zero attached hydrogens (tertiary/aromatic N) is 2. The second-order valence-corrected chi connectivity index (χ2v) is 3.98. The Morgan fingerprint density at radius 2 is 2.69 bits per heavy atom. The maximum atomic E-state index is 9.82. The zero-order valence-electron chi connectivity index (χ0n) is 7.31. The number of nitrogens with one attached hydrogen (secondary N) is 1. The zero-order chi connectivity index (χ0) is 9.10. The highest BCUT2D eigenvalue weighted by Crippen LogP contribution is 2.15. The molecule has 1 saturated heterocycles. The summed E-state index contributed by atoms with van der Waals surface area (Å²) < 4.78 is 7.98. The van der Waals surface area contributed by atoms with Crippen LogP contribution >= 0.6 is 11.7 Å². The van der Waals surface area contributed by atoms with Gasteiger partial charge >= 0.3 is 0 Å². The van der Waals surface area contributed by atoms with Gasteiger partial charge < -0.3 is 10.4 Å². The Hall–Kier alpha value is -0.520. The molecule has 1 aliphatic rings. The normalized spacial score (nSPS) is 24.8. The fraction of sp³-hybridized carbons (Fsp3) is 0.750. The molecule has 0 radical (unpaired) electrons. The Bertz CT molecular complexity index is 246. The first-order valence-corrected chi connectivity index (χ1v) is 5.24. The van der Waals surface area contributed by atoms with E-state index in [1.807, 2.05) is 0 Å². The van der Waals surface area contributed by atoms with Gasteiger partial charge in [0, 0.05) is 13.0 Å². The topological polar surface area (TPSA) is 58.0 Å². The van der Waals surface area contributed by atoms with Crippen molar-refractivity contribution in [3.63, 3.8) is 0 Å². The van der Waals surface area contributed by atoms with Gasteiger partial charge in [0.1, 0.15) is 0 Å². The summed E-state index contributed by atoms with van der Waals surface area (Å²) in [6.07, 6.45) is 3.18. The average Bonchev–Trinajstić information content (AvgIpc) is 2.74. The van der Waals surface area contributed by atoms with E-state index in [0.29, 0.717) is 12.3 Å². The molecule has 72 valence electrons. The van der Waals surface area contributed by atoms with Gasteiger partial charge in [-0.1, -0.05) is 0 Å². The molecule has 4 nitrogen and oxygen atoms in total. The Morgan fingerprint density at radius 3 is 3.31 bits per heavy atom. The van der Waals surface area contributed by atoms with Crippen LogP contribution in [0.4, 0.5) is 0 Å². The van der Waals surface area contributed by atoms with E-state index in [2.05, 4.69) is 14.1 Å². The van der Waals surface area contributed by atoms with Crippen LogP contribution in [0, 0.1) is 5.92 Å². The van der Waals surface area contributed by atoms with Gasteiger partial charge in [0.25, 0.3) is 0 Å². The first-order chi connectivity index (χ1) is 6.36. The second-order valence-electron chi connectivity index (χ2n) is 3.42. The molecule has 0 spiro atoms. The van der Waals surface area contributed by atoms with E-state index in [1.54, 1.807) is 6.20 Å². The summed E-state index contributed by atoms with van der Waals surface area (Å²) in [5.41, 5.74) is 0.907. The molecule has 1 unspecified atom stereocenters. The van der Waals surface area contributed by atoms with Crippen LogP contribution in [0.1, 0.15) is 12.1 Å². The van der Waals surface area contributed by atoms with Crippen LogP contribution < -0.4 is 5.32 Å². The molecule has 1 aromatic heterocycles. The van der Waals surface area contributed by atoms with Gasteiger partial charge in [0.05, 0.1) is 29.7 Å². The number of rotatable bonds is 3. The molecule has 2 rings (SSSR count). The van der Waals surface area contributed by atoms with E-state index in [0.717, 1.165) is 25.2 Å². The minimum Gasteiger partial charge on any atom is -0.392 e. The molecule has 0 aromatic carbocycles. The van der Waals surface area contributed by atoms with E-state index < -0.39 is 0 Å². The number of aliphatic hydroxyl groups is 1. The Kier molecular flexibility index (Phi) is 2.87. The third-order valence-corrected chi connectivity index (χ3v) is 2.98. The smallest absolute Gasteiger partial charge is 0.0768 e. The zero-order valence-corrected chi connectivity index (χ0v) is 8.13. The SMILES string of the molecule is OC(Cc1cnsn1)[C@H]1CCNC1. The molecule has 2 atom stereocenters. The van der Waals surface area contributed by atoms with Crippen molar-refractivity contribution in [3.8, 4) is 0 Å². The van der Waals surface area contributed by atoms with Gasteiger partial charge in [-0.15, -0.1) is 0 Å². The van der Waals surface area contributed by atoms with Crippen molar-refractivity contribution in [2.45, 2.75) is 18.9 Å². The maximum absolute atomic E-state index is 9.82. The monoisotopic (exact) mass is 199 g/mol. The van der Waals surface area contributed by atoms with Crippen LogP contribution in [-0.4, -0.2) is 33.0 Å². The standard InChI is InChI=1S/C8H13N3OS/c12-8(6-1-2-9-4-6)3-7-5-10-13-11-7/h5-6,8-9,12H,1-4H2/t6-,8?/m0/s1. The van der Waals surface area contributed by atoms with Gasteiger partial charge in [-0.2, -0.15) is 8.75 Å². The molecule has 0 amide bonds. The maximum Gasteiger partial charge on any atom is 0.0768 e.